The van der Waals surface area contributed by atoms with E-state index in [9.17, 15) is 8.42 Å². The van der Waals surface area contributed by atoms with Crippen LogP contribution >= 0.6 is 12.2 Å². The summed E-state index contributed by atoms with van der Waals surface area (Å²) >= 11 is 5.33. The van der Waals surface area contributed by atoms with Crippen LogP contribution < -0.4 is 15.8 Å². The first-order chi connectivity index (χ1) is 10.8. The first-order valence-corrected chi connectivity index (χ1v) is 9.06. The first kappa shape index (κ1) is 17.4. The lowest BCUT2D eigenvalue weighted by Gasteiger charge is -2.16. The van der Waals surface area contributed by atoms with E-state index in [0.717, 1.165) is 17.7 Å². The zero-order valence-corrected chi connectivity index (χ0v) is 14.6. The predicted octanol–water partition coefficient (Wildman–Crippen LogP) is 3.01. The number of sulfonamides is 1. The van der Waals surface area contributed by atoms with Crippen LogP contribution in [-0.2, 0) is 16.4 Å². The number of nitrogens with two attached hydrogens (primary N) is 1. The molecule has 0 aliphatic heterocycles. The van der Waals surface area contributed by atoms with Crippen LogP contribution in [0.3, 0.4) is 0 Å². The fraction of sp³-hybridized carbons (Fsp3) is 0.188. The Morgan fingerprint density at radius 3 is 2.35 bits per heavy atom. The van der Waals surface area contributed by atoms with Gasteiger partial charge in [0, 0.05) is 11.4 Å². The molecule has 0 fully saturated rings. The molecule has 4 N–H and O–H groups in total. The quantitative estimate of drug-likeness (QED) is 0.739. The maximum Gasteiger partial charge on any atom is 0.238 e. The third-order valence-corrected chi connectivity index (χ3v) is 4.55. The first-order valence-electron chi connectivity index (χ1n) is 7.10. The zero-order valence-electron chi connectivity index (χ0n) is 13.0. The van der Waals surface area contributed by atoms with Crippen molar-refractivity contribution in [2.24, 2.45) is 5.14 Å². The van der Waals surface area contributed by atoms with Crippen LogP contribution in [0.4, 0.5) is 11.4 Å². The fourth-order valence-corrected chi connectivity index (χ4v) is 2.94. The van der Waals surface area contributed by atoms with Gasteiger partial charge < -0.3 is 10.6 Å². The molecular formula is C16H19N3O2S2. The average molecular weight is 349 g/mol. The smallest absolute Gasteiger partial charge is 0.238 e. The van der Waals surface area contributed by atoms with E-state index >= 15 is 0 Å². The summed E-state index contributed by atoms with van der Waals surface area (Å²) in [5.41, 5.74) is 3.96. The van der Waals surface area contributed by atoms with E-state index in [1.807, 2.05) is 19.1 Å². The minimum atomic E-state index is -3.69. The largest absolute Gasteiger partial charge is 0.332 e. The van der Waals surface area contributed by atoms with Crippen molar-refractivity contribution in [3.63, 3.8) is 0 Å². The molecule has 0 aromatic heterocycles. The topological polar surface area (TPSA) is 84.2 Å². The normalized spacial score (nSPS) is 11.1. The van der Waals surface area contributed by atoms with Crippen LogP contribution in [0.2, 0.25) is 0 Å². The maximum atomic E-state index is 11.2. The molecule has 0 saturated heterocycles. The van der Waals surface area contributed by atoms with Crippen molar-refractivity contribution in [2.45, 2.75) is 25.2 Å². The van der Waals surface area contributed by atoms with Crippen molar-refractivity contribution in [1.82, 2.24) is 0 Å². The molecule has 0 bridgehead atoms. The van der Waals surface area contributed by atoms with Gasteiger partial charge in [0.15, 0.2) is 5.11 Å². The second-order valence-electron chi connectivity index (χ2n) is 5.11. The molecule has 0 unspecified atom stereocenters. The monoisotopic (exact) mass is 349 g/mol. The summed E-state index contributed by atoms with van der Waals surface area (Å²) in [6.45, 7) is 4.10. The minimum Gasteiger partial charge on any atom is -0.332 e. The molecule has 0 radical (unpaired) electrons. The average Bonchev–Trinajstić information content (AvgIpc) is 2.49. The Hall–Kier alpha value is -1.96. The van der Waals surface area contributed by atoms with Crippen molar-refractivity contribution >= 4 is 38.7 Å². The van der Waals surface area contributed by atoms with Crippen LogP contribution in [0.25, 0.3) is 0 Å². The summed E-state index contributed by atoms with van der Waals surface area (Å²) in [6.07, 6.45) is 0.898. The Kier molecular flexibility index (Phi) is 5.35. The molecule has 2 rings (SSSR count). The molecule has 0 saturated carbocycles. The second-order valence-corrected chi connectivity index (χ2v) is 7.08. The number of rotatable bonds is 4. The Balaban J connectivity index is 2.12. The number of thiocarbonyl (C=S) groups is 1. The van der Waals surface area contributed by atoms with Crippen LogP contribution in [0.15, 0.2) is 47.4 Å². The van der Waals surface area contributed by atoms with Crippen molar-refractivity contribution in [1.29, 1.82) is 0 Å². The Morgan fingerprint density at radius 2 is 1.78 bits per heavy atom. The molecule has 0 aliphatic carbocycles. The van der Waals surface area contributed by atoms with Gasteiger partial charge in [0.05, 0.1) is 4.90 Å². The van der Waals surface area contributed by atoms with Gasteiger partial charge in [-0.15, -0.1) is 0 Å². The van der Waals surface area contributed by atoms with Crippen molar-refractivity contribution in [3.8, 4) is 0 Å². The zero-order chi connectivity index (χ0) is 17.0. The van der Waals surface area contributed by atoms with Crippen molar-refractivity contribution in [3.05, 3.63) is 53.6 Å². The van der Waals surface area contributed by atoms with Crippen LogP contribution in [0, 0.1) is 6.92 Å². The molecule has 23 heavy (non-hydrogen) atoms. The van der Waals surface area contributed by atoms with E-state index in [-0.39, 0.29) is 4.90 Å². The highest BCUT2D eigenvalue weighted by molar-refractivity contribution is 7.89. The summed E-state index contributed by atoms with van der Waals surface area (Å²) in [5, 5.41) is 11.7. The molecule has 122 valence electrons. The molecule has 7 heteroatoms. The molecule has 0 aliphatic rings. The lowest BCUT2D eigenvalue weighted by atomic mass is 10.1. The summed E-state index contributed by atoms with van der Waals surface area (Å²) in [6, 6.07) is 12.2. The van der Waals surface area contributed by atoms with Gasteiger partial charge in [-0.1, -0.05) is 25.1 Å². The van der Waals surface area contributed by atoms with Gasteiger partial charge in [-0.05, 0) is 61.0 Å². The summed E-state index contributed by atoms with van der Waals surface area (Å²) in [7, 11) is -3.69. The number of benzene rings is 2. The molecule has 0 atom stereocenters. The maximum absolute atomic E-state index is 11.2. The third-order valence-electron chi connectivity index (χ3n) is 3.42. The van der Waals surface area contributed by atoms with Gasteiger partial charge in [-0.2, -0.15) is 0 Å². The number of primary sulfonamides is 1. The van der Waals surface area contributed by atoms with E-state index in [1.54, 1.807) is 12.1 Å². The predicted molar refractivity (Wildman–Crippen MR) is 98.2 cm³/mol. The number of anilines is 2. The molecule has 2 aromatic carbocycles. The van der Waals surface area contributed by atoms with Crippen molar-refractivity contribution in [2.75, 3.05) is 10.6 Å². The van der Waals surface area contributed by atoms with Crippen LogP contribution in [-0.4, -0.2) is 13.5 Å². The number of hydrogen-bond acceptors (Lipinski definition) is 3. The number of nitrogens with one attached hydrogen (secondary N) is 2. The molecule has 2 aromatic rings. The summed E-state index contributed by atoms with van der Waals surface area (Å²) in [5.74, 6) is 0. The van der Waals surface area contributed by atoms with Crippen LogP contribution in [0.5, 0.6) is 0 Å². The summed E-state index contributed by atoms with van der Waals surface area (Å²) in [4.78, 5) is 0.0640. The highest BCUT2D eigenvalue weighted by atomic mass is 32.2. The molecule has 0 heterocycles. The number of hydrogen-bond donors (Lipinski definition) is 3. The SMILES string of the molecule is CCc1cccc(C)c1NC(=S)Nc1ccc(S(N)(=O)=O)cc1. The van der Waals surface area contributed by atoms with Gasteiger partial charge in [0.25, 0.3) is 0 Å². The molecule has 0 amide bonds. The van der Waals surface area contributed by atoms with Gasteiger partial charge in [-0.3, -0.25) is 0 Å². The molecule has 5 nitrogen and oxygen atoms in total. The van der Waals surface area contributed by atoms with E-state index in [1.165, 1.54) is 17.7 Å². The standard InChI is InChI=1S/C16H19N3O2S2/c1-3-12-6-4-5-11(2)15(12)19-16(22)18-13-7-9-14(10-8-13)23(17,20)21/h4-10H,3H2,1-2H3,(H2,17,20,21)(H2,18,19,22). The Morgan fingerprint density at radius 1 is 1.13 bits per heavy atom. The lowest BCUT2D eigenvalue weighted by molar-refractivity contribution is 0.598. The minimum absolute atomic E-state index is 0.0640. The van der Waals surface area contributed by atoms with Gasteiger partial charge >= 0.3 is 0 Å². The van der Waals surface area contributed by atoms with Gasteiger partial charge in [-0.25, -0.2) is 13.6 Å². The van der Waals surface area contributed by atoms with Crippen LogP contribution in [0.1, 0.15) is 18.1 Å². The van der Waals surface area contributed by atoms with E-state index in [4.69, 9.17) is 17.4 Å². The van der Waals surface area contributed by atoms with Crippen molar-refractivity contribution < 1.29 is 8.42 Å². The second kappa shape index (κ2) is 7.08. The Labute approximate surface area is 142 Å². The Bertz CT molecular complexity index is 816. The number of para-hydroxylation sites is 1. The van der Waals surface area contributed by atoms with E-state index in [0.29, 0.717) is 10.8 Å². The lowest BCUT2D eigenvalue weighted by Crippen LogP contribution is -2.20. The fourth-order valence-electron chi connectivity index (χ4n) is 2.21. The highest BCUT2D eigenvalue weighted by Crippen LogP contribution is 2.21. The molecular weight excluding hydrogens is 330 g/mol. The van der Waals surface area contributed by atoms with Gasteiger partial charge in [0.2, 0.25) is 10.0 Å². The molecule has 0 spiro atoms. The van der Waals surface area contributed by atoms with E-state index in [2.05, 4.69) is 23.6 Å². The van der Waals surface area contributed by atoms with Gasteiger partial charge in [0.1, 0.15) is 0 Å². The number of aryl methyl sites for hydroxylation is 2. The highest BCUT2D eigenvalue weighted by Gasteiger charge is 2.09. The third kappa shape index (κ3) is 4.51. The summed E-state index contributed by atoms with van der Waals surface area (Å²) < 4.78 is 22.5. The van der Waals surface area contributed by atoms with E-state index < -0.39 is 10.0 Å².